The van der Waals surface area contributed by atoms with E-state index in [1.165, 1.54) is 4.90 Å². The summed E-state index contributed by atoms with van der Waals surface area (Å²) >= 11 is 0. The molecule has 1 amide bonds. The quantitative estimate of drug-likeness (QED) is 0.290. The molecule has 3 rings (SSSR count). The zero-order valence-electron chi connectivity index (χ0n) is 21.3. The van der Waals surface area contributed by atoms with Crippen LogP contribution in [0.1, 0.15) is 44.4 Å². The lowest BCUT2D eigenvalue weighted by atomic mass is 9.95. The Kier molecular flexibility index (Phi) is 8.93. The van der Waals surface area contributed by atoms with Gasteiger partial charge in [0.2, 0.25) is 0 Å². The number of amides is 1. The molecule has 1 heterocycles. The molecule has 0 radical (unpaired) electrons. The number of hydrogen-bond acceptors (Lipinski definition) is 6. The second kappa shape index (κ2) is 11.9. The first-order valence-corrected chi connectivity index (χ1v) is 12.1. The fraction of sp³-hybridized carbons (Fsp3) is 0.429. The standard InChI is InChI=1S/C28H36N2O5/c1-6-17-34-22-11-7-20(8-12-22)25-24(27(32)28(33)30(25)16-15-29(4)5)26(31)21-9-13-23(14-10-21)35-18-19(2)3/h7-14,19,25,31H,6,15-18H2,1-5H3. The Bertz CT molecular complexity index is 1040. The summed E-state index contributed by atoms with van der Waals surface area (Å²) in [5.74, 6) is 0.306. The molecule has 7 heteroatoms. The summed E-state index contributed by atoms with van der Waals surface area (Å²) in [7, 11) is 3.82. The molecule has 0 aliphatic carbocycles. The maximum absolute atomic E-state index is 13.1. The van der Waals surface area contributed by atoms with Crippen molar-refractivity contribution >= 4 is 17.4 Å². The molecule has 0 spiro atoms. The van der Waals surface area contributed by atoms with Crippen LogP contribution in [-0.2, 0) is 9.59 Å². The summed E-state index contributed by atoms with van der Waals surface area (Å²) in [6.07, 6.45) is 0.897. The number of nitrogens with zero attached hydrogens (tertiary/aromatic N) is 2. The number of Topliss-reactive ketones (excluding diaryl/α,β-unsaturated/α-hetero) is 1. The summed E-state index contributed by atoms with van der Waals surface area (Å²) in [6.45, 7) is 8.31. The van der Waals surface area contributed by atoms with Crippen molar-refractivity contribution in [2.45, 2.75) is 33.2 Å². The van der Waals surface area contributed by atoms with E-state index < -0.39 is 17.7 Å². The smallest absolute Gasteiger partial charge is 0.295 e. The third kappa shape index (κ3) is 6.42. The Hall–Kier alpha value is -3.32. The lowest BCUT2D eigenvalue weighted by Crippen LogP contribution is -2.35. The van der Waals surface area contributed by atoms with Crippen LogP contribution in [0.15, 0.2) is 54.1 Å². The Morgan fingerprint density at radius 1 is 1.00 bits per heavy atom. The topological polar surface area (TPSA) is 79.3 Å². The zero-order valence-corrected chi connectivity index (χ0v) is 21.3. The summed E-state index contributed by atoms with van der Waals surface area (Å²) in [4.78, 5) is 29.7. The molecule has 0 bridgehead atoms. The fourth-order valence-electron chi connectivity index (χ4n) is 3.86. The molecule has 0 saturated carbocycles. The van der Waals surface area contributed by atoms with Crippen molar-refractivity contribution in [3.63, 3.8) is 0 Å². The van der Waals surface area contributed by atoms with Crippen LogP contribution < -0.4 is 9.47 Å². The normalized spacial score (nSPS) is 17.5. The van der Waals surface area contributed by atoms with Crippen molar-refractivity contribution in [2.24, 2.45) is 5.92 Å². The van der Waals surface area contributed by atoms with E-state index in [1.807, 2.05) is 50.2 Å². The molecule has 1 fully saturated rings. The Balaban J connectivity index is 1.99. The Morgan fingerprint density at radius 2 is 1.60 bits per heavy atom. The van der Waals surface area contributed by atoms with Gasteiger partial charge in [-0.3, -0.25) is 9.59 Å². The third-order valence-corrected chi connectivity index (χ3v) is 5.71. The van der Waals surface area contributed by atoms with Crippen LogP contribution in [0.2, 0.25) is 0 Å². The lowest BCUT2D eigenvalue weighted by molar-refractivity contribution is -0.140. The van der Waals surface area contributed by atoms with E-state index in [2.05, 4.69) is 13.8 Å². The number of carbonyl (C=O) groups excluding carboxylic acids is 2. The van der Waals surface area contributed by atoms with Crippen molar-refractivity contribution in [2.75, 3.05) is 40.4 Å². The summed E-state index contributed by atoms with van der Waals surface area (Å²) in [6, 6.07) is 13.6. The molecule has 1 unspecified atom stereocenters. The molecule has 7 nitrogen and oxygen atoms in total. The Labute approximate surface area is 207 Å². The maximum atomic E-state index is 13.1. The molecule has 1 aliphatic rings. The fourth-order valence-corrected chi connectivity index (χ4v) is 3.86. The number of aliphatic hydroxyl groups is 1. The molecule has 1 saturated heterocycles. The number of likely N-dealkylation sites (tertiary alicyclic amines) is 1. The summed E-state index contributed by atoms with van der Waals surface area (Å²) < 4.78 is 11.4. The van der Waals surface area contributed by atoms with Gasteiger partial charge in [0, 0.05) is 18.7 Å². The van der Waals surface area contributed by atoms with E-state index in [4.69, 9.17) is 9.47 Å². The molecule has 2 aromatic rings. The first-order valence-electron chi connectivity index (χ1n) is 12.1. The number of aliphatic hydroxyl groups excluding tert-OH is 1. The molecule has 1 N–H and O–H groups in total. The second-order valence-corrected chi connectivity index (χ2v) is 9.44. The number of hydrogen-bond donors (Lipinski definition) is 1. The summed E-state index contributed by atoms with van der Waals surface area (Å²) in [5.41, 5.74) is 1.29. The van der Waals surface area contributed by atoms with Crippen molar-refractivity contribution in [1.82, 2.24) is 9.80 Å². The minimum absolute atomic E-state index is 0.0897. The molecular weight excluding hydrogens is 444 g/mol. The Morgan fingerprint density at radius 3 is 2.17 bits per heavy atom. The van der Waals surface area contributed by atoms with E-state index in [9.17, 15) is 14.7 Å². The van der Waals surface area contributed by atoms with Gasteiger partial charge in [0.15, 0.2) is 0 Å². The molecule has 188 valence electrons. The van der Waals surface area contributed by atoms with Gasteiger partial charge in [-0.1, -0.05) is 32.9 Å². The van der Waals surface area contributed by atoms with Crippen molar-refractivity contribution < 1.29 is 24.2 Å². The molecular formula is C28H36N2O5. The highest BCUT2D eigenvalue weighted by molar-refractivity contribution is 6.46. The highest BCUT2D eigenvalue weighted by atomic mass is 16.5. The molecule has 0 aromatic heterocycles. The van der Waals surface area contributed by atoms with Crippen LogP contribution in [0.25, 0.3) is 5.76 Å². The van der Waals surface area contributed by atoms with Crippen molar-refractivity contribution in [3.8, 4) is 11.5 Å². The SMILES string of the molecule is CCCOc1ccc(C2C(=C(O)c3ccc(OCC(C)C)cc3)C(=O)C(=O)N2CCN(C)C)cc1. The number of ether oxygens (including phenoxy) is 2. The van der Waals surface area contributed by atoms with Crippen LogP contribution in [0.4, 0.5) is 0 Å². The largest absolute Gasteiger partial charge is 0.507 e. The lowest BCUT2D eigenvalue weighted by Gasteiger charge is -2.26. The highest BCUT2D eigenvalue weighted by Gasteiger charge is 2.45. The molecule has 35 heavy (non-hydrogen) atoms. The average molecular weight is 481 g/mol. The monoisotopic (exact) mass is 480 g/mol. The first-order chi connectivity index (χ1) is 16.7. The first kappa shape index (κ1) is 26.3. The molecule has 2 aromatic carbocycles. The van der Waals surface area contributed by atoms with E-state index in [0.29, 0.717) is 43.5 Å². The maximum Gasteiger partial charge on any atom is 0.295 e. The zero-order chi connectivity index (χ0) is 25.5. The van der Waals surface area contributed by atoms with Gasteiger partial charge in [-0.05, 0) is 68.4 Å². The average Bonchev–Trinajstić information content (AvgIpc) is 3.10. The van der Waals surface area contributed by atoms with Crippen LogP contribution in [-0.4, -0.2) is 67.0 Å². The van der Waals surface area contributed by atoms with Gasteiger partial charge in [0.1, 0.15) is 17.3 Å². The van der Waals surface area contributed by atoms with E-state index in [0.717, 1.165) is 17.7 Å². The second-order valence-electron chi connectivity index (χ2n) is 9.44. The van der Waals surface area contributed by atoms with E-state index in [1.54, 1.807) is 24.3 Å². The van der Waals surface area contributed by atoms with Gasteiger partial charge in [0.25, 0.3) is 11.7 Å². The summed E-state index contributed by atoms with van der Waals surface area (Å²) in [5, 5.41) is 11.2. The van der Waals surface area contributed by atoms with Crippen LogP contribution in [0, 0.1) is 5.92 Å². The van der Waals surface area contributed by atoms with Crippen LogP contribution in [0.5, 0.6) is 11.5 Å². The van der Waals surface area contributed by atoms with Gasteiger partial charge in [-0.15, -0.1) is 0 Å². The van der Waals surface area contributed by atoms with Crippen LogP contribution in [0.3, 0.4) is 0 Å². The number of carbonyl (C=O) groups is 2. The molecule has 1 aliphatic heterocycles. The predicted molar refractivity (Wildman–Crippen MR) is 137 cm³/mol. The van der Waals surface area contributed by atoms with Gasteiger partial charge in [-0.25, -0.2) is 0 Å². The predicted octanol–water partition coefficient (Wildman–Crippen LogP) is 4.49. The highest BCUT2D eigenvalue weighted by Crippen LogP contribution is 2.39. The minimum Gasteiger partial charge on any atom is -0.507 e. The van der Waals surface area contributed by atoms with Gasteiger partial charge < -0.3 is 24.4 Å². The van der Waals surface area contributed by atoms with Gasteiger partial charge in [-0.2, -0.15) is 0 Å². The van der Waals surface area contributed by atoms with Crippen molar-refractivity contribution in [3.05, 3.63) is 65.2 Å². The number of rotatable bonds is 11. The van der Waals surface area contributed by atoms with Gasteiger partial charge in [0.05, 0.1) is 24.8 Å². The van der Waals surface area contributed by atoms with Crippen molar-refractivity contribution in [1.29, 1.82) is 0 Å². The van der Waals surface area contributed by atoms with E-state index >= 15 is 0 Å². The molecule has 1 atom stereocenters. The van der Waals surface area contributed by atoms with Gasteiger partial charge >= 0.3 is 0 Å². The van der Waals surface area contributed by atoms with E-state index in [-0.39, 0.29) is 11.3 Å². The number of likely N-dealkylation sites (N-methyl/N-ethyl adjacent to an activating group) is 1. The van der Waals surface area contributed by atoms with Crippen LogP contribution >= 0.6 is 0 Å². The number of ketones is 1. The minimum atomic E-state index is -0.688. The number of benzene rings is 2. The third-order valence-electron chi connectivity index (χ3n) is 5.71.